The van der Waals surface area contributed by atoms with Gasteiger partial charge in [0.25, 0.3) is 0 Å². The van der Waals surface area contributed by atoms with E-state index in [1.165, 1.54) is 6.08 Å². The first-order valence-electron chi connectivity index (χ1n) is 2.98. The van der Waals surface area contributed by atoms with Crippen LogP contribution < -0.4 is 0 Å². The highest BCUT2D eigenvalue weighted by atomic mass is 16.1. The van der Waals surface area contributed by atoms with Crippen LogP contribution in [-0.4, -0.2) is 21.2 Å². The van der Waals surface area contributed by atoms with E-state index in [1.807, 2.05) is 0 Å². The fraction of sp³-hybridized carbons (Fsp3) is 0.167. The van der Waals surface area contributed by atoms with Crippen LogP contribution >= 0.6 is 0 Å². The van der Waals surface area contributed by atoms with Crippen molar-refractivity contribution in [3.63, 3.8) is 0 Å². The highest BCUT2D eigenvalue weighted by Crippen LogP contribution is 2.09. The molecule has 50 valence electrons. The second kappa shape index (κ2) is 1.76. The van der Waals surface area contributed by atoms with Crippen molar-refractivity contribution in [2.75, 3.05) is 0 Å². The summed E-state index contributed by atoms with van der Waals surface area (Å²) in [5.41, 5.74) is 1.20. The van der Waals surface area contributed by atoms with Crippen molar-refractivity contribution in [2.24, 2.45) is 0 Å². The van der Waals surface area contributed by atoms with Gasteiger partial charge in [-0.05, 0) is 6.08 Å². The zero-order valence-electron chi connectivity index (χ0n) is 5.16. The molecule has 1 aromatic rings. The maximum Gasteiger partial charge on any atom is 0.207 e. The Kier molecular flexibility index (Phi) is 0.943. The fourth-order valence-corrected chi connectivity index (χ4v) is 0.949. The summed E-state index contributed by atoms with van der Waals surface area (Å²) in [4.78, 5) is 10.9. The SMILES string of the molecule is O=C1C=CCc2n[nH]nc21. The summed E-state index contributed by atoms with van der Waals surface area (Å²) in [6, 6.07) is 0. The lowest BCUT2D eigenvalue weighted by Gasteiger charge is -1.96. The Morgan fingerprint density at radius 1 is 1.50 bits per heavy atom. The van der Waals surface area contributed by atoms with Crippen LogP contribution in [0.3, 0.4) is 0 Å². The van der Waals surface area contributed by atoms with Crippen molar-refractivity contribution < 1.29 is 4.79 Å². The number of nitrogens with one attached hydrogen (secondary N) is 1. The van der Waals surface area contributed by atoms with E-state index in [-0.39, 0.29) is 5.78 Å². The topological polar surface area (TPSA) is 58.6 Å². The molecule has 0 bridgehead atoms. The van der Waals surface area contributed by atoms with Crippen LogP contribution in [0.4, 0.5) is 0 Å². The van der Waals surface area contributed by atoms with Gasteiger partial charge < -0.3 is 0 Å². The van der Waals surface area contributed by atoms with Gasteiger partial charge in [0.15, 0.2) is 5.69 Å². The monoisotopic (exact) mass is 135 g/mol. The average Bonchev–Trinajstić information content (AvgIpc) is 2.36. The summed E-state index contributed by atoms with van der Waals surface area (Å²) in [5.74, 6) is -0.0602. The molecule has 0 radical (unpaired) electrons. The third-order valence-corrected chi connectivity index (χ3v) is 1.43. The van der Waals surface area contributed by atoms with Gasteiger partial charge in [0, 0.05) is 6.42 Å². The number of nitrogens with zero attached hydrogens (tertiary/aromatic N) is 2. The van der Waals surface area contributed by atoms with Crippen molar-refractivity contribution in [2.45, 2.75) is 6.42 Å². The molecule has 10 heavy (non-hydrogen) atoms. The molecule has 0 saturated heterocycles. The molecule has 0 unspecified atom stereocenters. The van der Waals surface area contributed by atoms with Crippen molar-refractivity contribution >= 4 is 5.78 Å². The van der Waals surface area contributed by atoms with Crippen LogP contribution in [0.5, 0.6) is 0 Å². The predicted octanol–water partition coefficient (Wildman–Crippen LogP) is 0.0997. The summed E-state index contributed by atoms with van der Waals surface area (Å²) in [5, 5.41) is 9.91. The van der Waals surface area contributed by atoms with E-state index in [0.717, 1.165) is 5.69 Å². The molecule has 4 nitrogen and oxygen atoms in total. The first-order chi connectivity index (χ1) is 4.88. The van der Waals surface area contributed by atoms with Gasteiger partial charge in [-0.3, -0.25) is 4.79 Å². The Balaban J connectivity index is 2.58. The molecule has 4 heteroatoms. The third kappa shape index (κ3) is 0.586. The lowest BCUT2D eigenvalue weighted by Crippen LogP contribution is -2.04. The van der Waals surface area contributed by atoms with Crippen molar-refractivity contribution in [1.29, 1.82) is 0 Å². The van der Waals surface area contributed by atoms with E-state index in [0.29, 0.717) is 12.1 Å². The number of aromatic nitrogens is 3. The molecular formula is C6H5N3O. The molecule has 1 aromatic heterocycles. The number of hydrogen-bond acceptors (Lipinski definition) is 3. The van der Waals surface area contributed by atoms with Crippen LogP contribution in [0.15, 0.2) is 12.2 Å². The zero-order chi connectivity index (χ0) is 6.97. The van der Waals surface area contributed by atoms with Crippen molar-refractivity contribution in [3.8, 4) is 0 Å². The zero-order valence-corrected chi connectivity index (χ0v) is 5.16. The molecule has 0 aromatic carbocycles. The van der Waals surface area contributed by atoms with Gasteiger partial charge in [-0.2, -0.15) is 15.4 Å². The number of carbonyl (C=O) groups excluding carboxylic acids is 1. The van der Waals surface area contributed by atoms with Crippen LogP contribution in [0.1, 0.15) is 16.2 Å². The summed E-state index contributed by atoms with van der Waals surface area (Å²) in [6.45, 7) is 0. The van der Waals surface area contributed by atoms with Gasteiger partial charge in [0.1, 0.15) is 0 Å². The molecule has 0 amide bonds. The Bertz CT molecular complexity index is 300. The smallest absolute Gasteiger partial charge is 0.207 e. The molecule has 1 heterocycles. The van der Waals surface area contributed by atoms with E-state index < -0.39 is 0 Å². The van der Waals surface area contributed by atoms with E-state index in [1.54, 1.807) is 6.08 Å². The first-order valence-corrected chi connectivity index (χ1v) is 2.98. The van der Waals surface area contributed by atoms with E-state index in [4.69, 9.17) is 0 Å². The van der Waals surface area contributed by atoms with E-state index in [2.05, 4.69) is 15.4 Å². The number of H-pyrrole nitrogens is 1. The van der Waals surface area contributed by atoms with E-state index >= 15 is 0 Å². The van der Waals surface area contributed by atoms with Crippen LogP contribution in [0.25, 0.3) is 0 Å². The molecule has 0 spiro atoms. The number of rotatable bonds is 0. The molecule has 1 aliphatic rings. The van der Waals surface area contributed by atoms with Crippen LogP contribution in [0, 0.1) is 0 Å². The lowest BCUT2D eigenvalue weighted by molar-refractivity contribution is 0.103. The molecule has 0 saturated carbocycles. The lowest BCUT2D eigenvalue weighted by atomic mass is 10.1. The highest BCUT2D eigenvalue weighted by molar-refractivity contribution is 6.04. The molecule has 0 atom stereocenters. The average molecular weight is 135 g/mol. The molecule has 0 fully saturated rings. The Hall–Kier alpha value is -1.45. The van der Waals surface area contributed by atoms with Crippen molar-refractivity contribution in [3.05, 3.63) is 23.5 Å². The van der Waals surface area contributed by atoms with Gasteiger partial charge in [0.05, 0.1) is 5.69 Å². The van der Waals surface area contributed by atoms with Gasteiger partial charge in [-0.15, -0.1) is 0 Å². The second-order valence-corrected chi connectivity index (χ2v) is 2.09. The first kappa shape index (κ1) is 5.34. The largest absolute Gasteiger partial charge is 0.287 e. The molecule has 0 aliphatic heterocycles. The number of hydrogen-bond donors (Lipinski definition) is 1. The normalized spacial score (nSPS) is 15.4. The van der Waals surface area contributed by atoms with E-state index in [9.17, 15) is 4.79 Å². The minimum absolute atomic E-state index is 0.0602. The number of aromatic amines is 1. The molecular weight excluding hydrogens is 130 g/mol. The molecule has 2 rings (SSSR count). The Morgan fingerprint density at radius 3 is 3.20 bits per heavy atom. The van der Waals surface area contributed by atoms with Gasteiger partial charge in [0.2, 0.25) is 5.78 Å². The molecule has 1 N–H and O–H groups in total. The van der Waals surface area contributed by atoms with Gasteiger partial charge >= 0.3 is 0 Å². The number of carbonyl (C=O) groups is 1. The summed E-state index contributed by atoms with van der Waals surface area (Å²) < 4.78 is 0. The highest BCUT2D eigenvalue weighted by Gasteiger charge is 2.15. The predicted molar refractivity (Wildman–Crippen MR) is 33.6 cm³/mol. The molecule has 1 aliphatic carbocycles. The number of fused-ring (bicyclic) bond motifs is 1. The van der Waals surface area contributed by atoms with Crippen LogP contribution in [-0.2, 0) is 6.42 Å². The maximum absolute atomic E-state index is 10.9. The fourth-order valence-electron chi connectivity index (χ4n) is 0.949. The minimum atomic E-state index is -0.0602. The van der Waals surface area contributed by atoms with Gasteiger partial charge in [-0.1, -0.05) is 6.08 Å². The Labute approximate surface area is 56.9 Å². The summed E-state index contributed by atoms with van der Waals surface area (Å²) in [7, 11) is 0. The number of allylic oxidation sites excluding steroid dienone is 2. The standard InChI is InChI=1S/C6H5N3O/c10-5-3-1-2-4-6(5)8-9-7-4/h1,3H,2H2,(H,7,8,9). The summed E-state index contributed by atoms with van der Waals surface area (Å²) >= 11 is 0. The third-order valence-electron chi connectivity index (χ3n) is 1.43. The van der Waals surface area contributed by atoms with Gasteiger partial charge in [-0.25, -0.2) is 0 Å². The van der Waals surface area contributed by atoms with Crippen LogP contribution in [0.2, 0.25) is 0 Å². The maximum atomic E-state index is 10.9. The Morgan fingerprint density at radius 2 is 2.40 bits per heavy atom. The summed E-state index contributed by atoms with van der Waals surface area (Å²) in [6.07, 6.45) is 4.01. The van der Waals surface area contributed by atoms with Crippen molar-refractivity contribution in [1.82, 2.24) is 15.4 Å². The second-order valence-electron chi connectivity index (χ2n) is 2.09. The minimum Gasteiger partial charge on any atom is -0.287 e. The number of ketones is 1. The quantitative estimate of drug-likeness (QED) is 0.548.